The minimum absolute atomic E-state index is 0.292. The van der Waals surface area contributed by atoms with Gasteiger partial charge in [-0.25, -0.2) is 9.59 Å². The summed E-state index contributed by atoms with van der Waals surface area (Å²) in [5.41, 5.74) is 1.99. The van der Waals surface area contributed by atoms with Crippen molar-refractivity contribution in [1.82, 2.24) is 20.4 Å². The number of hydrogen-bond donors (Lipinski definition) is 2. The molecule has 7 nitrogen and oxygen atoms in total. The van der Waals surface area contributed by atoms with Crippen LogP contribution in [0.4, 0.5) is 4.79 Å². The number of nitrogens with zero attached hydrogens (tertiary/aromatic N) is 2. The molecule has 2 amide bonds. The van der Waals surface area contributed by atoms with Crippen LogP contribution in [0.3, 0.4) is 0 Å². The average molecular weight is 372 g/mol. The maximum atomic E-state index is 12.7. The van der Waals surface area contributed by atoms with E-state index in [2.05, 4.69) is 27.4 Å². The molecule has 1 saturated heterocycles. The summed E-state index contributed by atoms with van der Waals surface area (Å²) < 4.78 is 5.31. The Morgan fingerprint density at radius 3 is 2.41 bits per heavy atom. The fourth-order valence-corrected chi connectivity index (χ4v) is 3.58. The van der Waals surface area contributed by atoms with Crippen LogP contribution < -0.4 is 10.6 Å². The van der Waals surface area contributed by atoms with Crippen molar-refractivity contribution in [3.63, 3.8) is 0 Å². The molecule has 1 aromatic carbocycles. The van der Waals surface area contributed by atoms with Crippen molar-refractivity contribution in [2.75, 3.05) is 45.9 Å². The minimum atomic E-state index is -0.508. The fraction of sp³-hybridized carbons (Fsp3) is 0.500. The molecular formula is C20H28N4O3. The molecule has 0 aliphatic carbocycles. The highest BCUT2D eigenvalue weighted by atomic mass is 16.5. The van der Waals surface area contributed by atoms with Crippen LogP contribution in [0.1, 0.15) is 25.5 Å². The first-order valence-corrected chi connectivity index (χ1v) is 9.59. The van der Waals surface area contributed by atoms with Gasteiger partial charge in [0.2, 0.25) is 0 Å². The number of likely N-dealkylation sites (N-methyl/N-ethyl adjacent to an activating group) is 1. The van der Waals surface area contributed by atoms with Gasteiger partial charge in [0.1, 0.15) is 0 Å². The van der Waals surface area contributed by atoms with Crippen molar-refractivity contribution in [3.05, 3.63) is 47.2 Å². The number of hydrogen-bond acceptors (Lipinski definition) is 5. The Hall–Kier alpha value is -2.38. The maximum Gasteiger partial charge on any atom is 0.338 e. The zero-order chi connectivity index (χ0) is 19.2. The molecule has 1 atom stereocenters. The average Bonchev–Trinajstić information content (AvgIpc) is 2.69. The molecule has 0 saturated carbocycles. The molecule has 2 aliphatic heterocycles. The first-order valence-electron chi connectivity index (χ1n) is 9.59. The lowest BCUT2D eigenvalue weighted by Crippen LogP contribution is -2.51. The van der Waals surface area contributed by atoms with Crippen molar-refractivity contribution in [3.8, 4) is 0 Å². The van der Waals surface area contributed by atoms with Crippen molar-refractivity contribution >= 4 is 12.0 Å². The third kappa shape index (κ3) is 4.67. The van der Waals surface area contributed by atoms with Gasteiger partial charge in [-0.05, 0) is 19.0 Å². The second kappa shape index (κ2) is 9.01. The molecule has 1 aromatic rings. The number of rotatable bonds is 6. The van der Waals surface area contributed by atoms with E-state index in [1.54, 1.807) is 6.92 Å². The fourth-order valence-electron chi connectivity index (χ4n) is 3.58. The lowest BCUT2D eigenvalue weighted by molar-refractivity contribution is -0.139. The molecular weight excluding hydrogens is 344 g/mol. The van der Waals surface area contributed by atoms with Crippen LogP contribution in [0.5, 0.6) is 0 Å². The highest BCUT2D eigenvalue weighted by Gasteiger charge is 2.34. The van der Waals surface area contributed by atoms with E-state index in [1.165, 1.54) is 0 Å². The lowest BCUT2D eigenvalue weighted by atomic mass is 9.95. The normalized spacial score (nSPS) is 21.6. The lowest BCUT2D eigenvalue weighted by Gasteiger charge is -2.36. The number of benzene rings is 1. The Labute approximate surface area is 160 Å². The van der Waals surface area contributed by atoms with Crippen LogP contribution in [0, 0.1) is 0 Å². The summed E-state index contributed by atoms with van der Waals surface area (Å²) in [4.78, 5) is 29.7. The first kappa shape index (κ1) is 19.4. The van der Waals surface area contributed by atoms with Crippen LogP contribution in [-0.4, -0.2) is 67.7 Å². The van der Waals surface area contributed by atoms with E-state index in [0.717, 1.165) is 38.3 Å². The second-order valence-electron chi connectivity index (χ2n) is 6.77. The molecule has 3 rings (SSSR count). The Balaban J connectivity index is 1.89. The molecule has 7 heteroatoms. The van der Waals surface area contributed by atoms with E-state index >= 15 is 0 Å². The summed E-state index contributed by atoms with van der Waals surface area (Å²) in [7, 11) is 0. The highest BCUT2D eigenvalue weighted by Crippen LogP contribution is 2.28. The largest absolute Gasteiger partial charge is 0.463 e. The van der Waals surface area contributed by atoms with Gasteiger partial charge in [0.15, 0.2) is 0 Å². The quantitative estimate of drug-likeness (QED) is 0.741. The van der Waals surface area contributed by atoms with E-state index in [1.807, 2.05) is 30.3 Å². The van der Waals surface area contributed by atoms with Crippen molar-refractivity contribution in [2.45, 2.75) is 19.9 Å². The molecule has 2 aliphatic rings. The Bertz CT molecular complexity index is 696. The zero-order valence-electron chi connectivity index (χ0n) is 16.0. The molecule has 0 radical (unpaired) electrons. The number of amides is 2. The maximum absolute atomic E-state index is 12.7. The predicted octanol–water partition coefficient (Wildman–Crippen LogP) is 1.50. The van der Waals surface area contributed by atoms with Gasteiger partial charge in [-0.15, -0.1) is 0 Å². The molecule has 0 bridgehead atoms. The topological polar surface area (TPSA) is 73.9 Å². The molecule has 2 heterocycles. The summed E-state index contributed by atoms with van der Waals surface area (Å²) >= 11 is 0. The molecule has 2 N–H and O–H groups in total. The molecule has 0 spiro atoms. The summed E-state index contributed by atoms with van der Waals surface area (Å²) in [6.45, 7) is 9.62. The van der Waals surface area contributed by atoms with Crippen LogP contribution in [0.2, 0.25) is 0 Å². The predicted molar refractivity (Wildman–Crippen MR) is 103 cm³/mol. The van der Waals surface area contributed by atoms with Gasteiger partial charge in [-0.3, -0.25) is 4.90 Å². The number of carbonyl (C=O) groups is 2. The third-order valence-corrected chi connectivity index (χ3v) is 5.08. The molecule has 27 heavy (non-hydrogen) atoms. The number of nitrogens with one attached hydrogen (secondary N) is 2. The Morgan fingerprint density at radius 2 is 1.78 bits per heavy atom. The van der Waals surface area contributed by atoms with E-state index in [4.69, 9.17) is 4.74 Å². The SMILES string of the molecule is CCOC(=O)C1=C(CN2CCN(CC)CC2)NC(=O)N[C@H]1c1ccccc1. The van der Waals surface area contributed by atoms with Crippen LogP contribution in [0.25, 0.3) is 0 Å². The number of urea groups is 1. The summed E-state index contributed by atoms with van der Waals surface area (Å²) in [6.07, 6.45) is 0. The smallest absolute Gasteiger partial charge is 0.338 e. The second-order valence-corrected chi connectivity index (χ2v) is 6.77. The van der Waals surface area contributed by atoms with E-state index in [9.17, 15) is 9.59 Å². The van der Waals surface area contributed by atoms with Crippen molar-refractivity contribution in [2.24, 2.45) is 0 Å². The monoisotopic (exact) mass is 372 g/mol. The minimum Gasteiger partial charge on any atom is -0.463 e. The molecule has 1 fully saturated rings. The van der Waals surface area contributed by atoms with Crippen LogP contribution >= 0.6 is 0 Å². The van der Waals surface area contributed by atoms with Crippen LogP contribution in [-0.2, 0) is 9.53 Å². The van der Waals surface area contributed by atoms with Gasteiger partial charge in [0, 0.05) is 38.4 Å². The zero-order valence-corrected chi connectivity index (χ0v) is 16.0. The van der Waals surface area contributed by atoms with Gasteiger partial charge in [0.25, 0.3) is 0 Å². The summed E-state index contributed by atoms with van der Waals surface area (Å²) in [5, 5.41) is 5.72. The number of piperazine rings is 1. The van der Waals surface area contributed by atoms with E-state index < -0.39 is 6.04 Å². The van der Waals surface area contributed by atoms with E-state index in [0.29, 0.717) is 24.4 Å². The van der Waals surface area contributed by atoms with Crippen molar-refractivity contribution < 1.29 is 14.3 Å². The molecule has 146 valence electrons. The summed E-state index contributed by atoms with van der Waals surface area (Å²) in [5.74, 6) is -0.388. The highest BCUT2D eigenvalue weighted by molar-refractivity contribution is 5.95. The van der Waals surface area contributed by atoms with Gasteiger partial charge < -0.3 is 20.3 Å². The Morgan fingerprint density at radius 1 is 1.11 bits per heavy atom. The Kier molecular flexibility index (Phi) is 6.47. The van der Waals surface area contributed by atoms with Crippen molar-refractivity contribution in [1.29, 1.82) is 0 Å². The van der Waals surface area contributed by atoms with E-state index in [-0.39, 0.29) is 12.0 Å². The van der Waals surface area contributed by atoms with Gasteiger partial charge in [-0.1, -0.05) is 37.3 Å². The van der Waals surface area contributed by atoms with Gasteiger partial charge in [0.05, 0.1) is 18.2 Å². The number of ether oxygens (including phenoxy) is 1. The first-order chi connectivity index (χ1) is 13.1. The van der Waals surface area contributed by atoms with Gasteiger partial charge >= 0.3 is 12.0 Å². The summed E-state index contributed by atoms with van der Waals surface area (Å²) in [6, 6.07) is 8.73. The number of esters is 1. The molecule has 0 aromatic heterocycles. The van der Waals surface area contributed by atoms with Gasteiger partial charge in [-0.2, -0.15) is 0 Å². The molecule has 0 unspecified atom stereocenters. The standard InChI is InChI=1S/C20H28N4O3/c1-3-23-10-12-24(13-11-23)14-16-17(19(25)27-4-2)18(22-20(26)21-16)15-8-6-5-7-9-15/h5-9,18H,3-4,10-14H2,1-2H3,(H2,21,22,26)/t18-/m0/s1. The van der Waals surface area contributed by atoms with Crippen LogP contribution in [0.15, 0.2) is 41.6 Å². The number of carbonyl (C=O) groups excluding carboxylic acids is 2. The third-order valence-electron chi connectivity index (χ3n) is 5.08.